The summed E-state index contributed by atoms with van der Waals surface area (Å²) in [6, 6.07) is 8.66. The molecule has 0 radical (unpaired) electrons. The molecule has 1 aromatic rings. The minimum atomic E-state index is -0.604. The molecule has 0 heterocycles. The van der Waals surface area contributed by atoms with Crippen LogP contribution in [0.3, 0.4) is 0 Å². The first-order chi connectivity index (χ1) is 13.7. The number of alkyl carbamates (subject to hydrolysis) is 2. The lowest BCUT2D eigenvalue weighted by atomic mass is 9.81. The highest BCUT2D eigenvalue weighted by molar-refractivity contribution is 5.75. The lowest BCUT2D eigenvalue weighted by Gasteiger charge is -2.35. The average molecular weight is 406 g/mol. The summed E-state index contributed by atoms with van der Waals surface area (Å²) in [4.78, 5) is 36.4. The Balaban J connectivity index is 1.90. The van der Waals surface area contributed by atoms with E-state index < -0.39 is 35.7 Å². The summed E-state index contributed by atoms with van der Waals surface area (Å²) in [5, 5.41) is 5.55. The first-order valence-corrected chi connectivity index (χ1v) is 9.72. The first-order valence-electron chi connectivity index (χ1n) is 9.72. The van der Waals surface area contributed by atoms with E-state index in [0.29, 0.717) is 19.3 Å². The minimum Gasteiger partial charge on any atom is -0.469 e. The molecule has 2 amide bonds. The number of hydrogen-bond acceptors (Lipinski definition) is 6. The number of carbonyl (C=O) groups excluding carboxylic acids is 3. The van der Waals surface area contributed by atoms with Gasteiger partial charge in [-0.1, -0.05) is 30.3 Å². The second-order valence-corrected chi connectivity index (χ2v) is 8.10. The van der Waals surface area contributed by atoms with Crippen molar-refractivity contribution in [3.63, 3.8) is 0 Å². The number of benzene rings is 1. The molecule has 1 fully saturated rings. The van der Waals surface area contributed by atoms with E-state index in [9.17, 15) is 14.4 Å². The molecule has 1 aliphatic carbocycles. The van der Waals surface area contributed by atoms with Gasteiger partial charge in [-0.15, -0.1) is 0 Å². The van der Waals surface area contributed by atoms with Crippen LogP contribution in [0.2, 0.25) is 0 Å². The Kier molecular flexibility index (Phi) is 7.87. The first kappa shape index (κ1) is 22.5. The molecule has 8 heteroatoms. The van der Waals surface area contributed by atoms with Gasteiger partial charge in [-0.05, 0) is 45.6 Å². The summed E-state index contributed by atoms with van der Waals surface area (Å²) in [5.74, 6) is -1.02. The smallest absolute Gasteiger partial charge is 0.407 e. The van der Waals surface area contributed by atoms with Crippen LogP contribution in [-0.2, 0) is 25.6 Å². The Labute approximate surface area is 171 Å². The quantitative estimate of drug-likeness (QED) is 0.575. The van der Waals surface area contributed by atoms with E-state index in [0.717, 1.165) is 5.56 Å². The number of ether oxygens (including phenoxy) is 3. The highest BCUT2D eigenvalue weighted by atomic mass is 16.6. The van der Waals surface area contributed by atoms with Gasteiger partial charge >= 0.3 is 18.2 Å². The van der Waals surface area contributed by atoms with Gasteiger partial charge in [0.15, 0.2) is 0 Å². The predicted molar refractivity (Wildman–Crippen MR) is 106 cm³/mol. The average Bonchev–Trinajstić information content (AvgIpc) is 2.66. The van der Waals surface area contributed by atoms with Crippen molar-refractivity contribution in [2.45, 2.75) is 64.3 Å². The second kappa shape index (κ2) is 10.1. The molecule has 0 unspecified atom stereocenters. The Morgan fingerprint density at radius 3 is 2.34 bits per heavy atom. The number of hydrogen-bond donors (Lipinski definition) is 2. The fraction of sp³-hybridized carbons (Fsp3) is 0.571. The molecule has 0 aliphatic heterocycles. The fourth-order valence-corrected chi connectivity index (χ4v) is 3.28. The zero-order valence-corrected chi connectivity index (χ0v) is 17.4. The topological polar surface area (TPSA) is 103 Å². The van der Waals surface area contributed by atoms with Crippen LogP contribution in [0, 0.1) is 5.92 Å². The molecule has 0 saturated heterocycles. The molecule has 3 atom stereocenters. The molecule has 160 valence electrons. The Hall–Kier alpha value is -2.77. The van der Waals surface area contributed by atoms with Crippen LogP contribution in [0.25, 0.3) is 0 Å². The highest BCUT2D eigenvalue weighted by Gasteiger charge is 2.38. The summed E-state index contributed by atoms with van der Waals surface area (Å²) in [6.07, 6.45) is 0.318. The molecule has 2 N–H and O–H groups in total. The highest BCUT2D eigenvalue weighted by Crippen LogP contribution is 2.26. The Bertz CT molecular complexity index is 701. The molecule has 8 nitrogen and oxygen atoms in total. The van der Waals surface area contributed by atoms with E-state index in [1.165, 1.54) is 7.11 Å². The summed E-state index contributed by atoms with van der Waals surface area (Å²) in [6.45, 7) is 5.49. The number of esters is 1. The summed E-state index contributed by atoms with van der Waals surface area (Å²) >= 11 is 0. The van der Waals surface area contributed by atoms with Crippen molar-refractivity contribution < 1.29 is 28.6 Å². The Morgan fingerprint density at radius 2 is 1.72 bits per heavy atom. The van der Waals surface area contributed by atoms with Gasteiger partial charge in [-0.25, -0.2) is 9.59 Å². The van der Waals surface area contributed by atoms with Crippen LogP contribution in [0.4, 0.5) is 9.59 Å². The monoisotopic (exact) mass is 406 g/mol. The maximum atomic E-state index is 12.2. The lowest BCUT2D eigenvalue weighted by molar-refractivity contribution is -0.147. The molecule has 1 aromatic carbocycles. The Morgan fingerprint density at radius 1 is 1.03 bits per heavy atom. The second-order valence-electron chi connectivity index (χ2n) is 8.10. The number of carbonyl (C=O) groups is 3. The SMILES string of the molecule is COC(=O)[C@H]1C[C@H](NC(=O)OC(C)(C)C)CC[C@H]1NC(=O)OCc1ccccc1. The van der Waals surface area contributed by atoms with Crippen LogP contribution in [0.15, 0.2) is 30.3 Å². The zero-order valence-electron chi connectivity index (χ0n) is 17.4. The van der Waals surface area contributed by atoms with Gasteiger partial charge in [-0.2, -0.15) is 0 Å². The lowest BCUT2D eigenvalue weighted by Crippen LogP contribution is -2.52. The van der Waals surface area contributed by atoms with Crippen molar-refractivity contribution in [1.29, 1.82) is 0 Å². The molecule has 29 heavy (non-hydrogen) atoms. The van der Waals surface area contributed by atoms with Crippen LogP contribution in [-0.4, -0.2) is 43.0 Å². The number of nitrogens with one attached hydrogen (secondary N) is 2. The van der Waals surface area contributed by atoms with Gasteiger partial charge in [0.25, 0.3) is 0 Å². The molecule has 1 saturated carbocycles. The number of amides is 2. The van der Waals surface area contributed by atoms with Crippen molar-refractivity contribution in [3.8, 4) is 0 Å². The maximum Gasteiger partial charge on any atom is 0.407 e. The predicted octanol–water partition coefficient (Wildman–Crippen LogP) is 3.15. The third-order valence-electron chi connectivity index (χ3n) is 4.59. The van der Waals surface area contributed by atoms with Crippen LogP contribution in [0.1, 0.15) is 45.6 Å². The van der Waals surface area contributed by atoms with E-state index in [1.54, 1.807) is 20.8 Å². The van der Waals surface area contributed by atoms with Gasteiger partial charge in [-0.3, -0.25) is 4.79 Å². The van der Waals surface area contributed by atoms with Crippen molar-refractivity contribution in [2.24, 2.45) is 5.92 Å². The van der Waals surface area contributed by atoms with E-state index >= 15 is 0 Å². The van der Waals surface area contributed by atoms with E-state index in [-0.39, 0.29) is 12.6 Å². The van der Waals surface area contributed by atoms with Gasteiger partial charge < -0.3 is 24.8 Å². The third kappa shape index (κ3) is 7.63. The number of rotatable bonds is 5. The van der Waals surface area contributed by atoms with Crippen molar-refractivity contribution >= 4 is 18.2 Å². The van der Waals surface area contributed by atoms with Gasteiger partial charge in [0.05, 0.1) is 13.0 Å². The summed E-state index contributed by atoms with van der Waals surface area (Å²) < 4.78 is 15.4. The maximum absolute atomic E-state index is 12.2. The molecule has 0 spiro atoms. The van der Waals surface area contributed by atoms with Gasteiger partial charge in [0, 0.05) is 12.1 Å². The fourth-order valence-electron chi connectivity index (χ4n) is 3.28. The van der Waals surface area contributed by atoms with Crippen LogP contribution < -0.4 is 10.6 Å². The van der Waals surface area contributed by atoms with E-state index in [4.69, 9.17) is 14.2 Å². The van der Waals surface area contributed by atoms with Crippen LogP contribution >= 0.6 is 0 Å². The van der Waals surface area contributed by atoms with Gasteiger partial charge in [0.1, 0.15) is 12.2 Å². The molecule has 2 rings (SSSR count). The van der Waals surface area contributed by atoms with E-state index in [2.05, 4.69) is 10.6 Å². The van der Waals surface area contributed by atoms with Crippen molar-refractivity contribution in [3.05, 3.63) is 35.9 Å². The molecule has 0 bridgehead atoms. The molecular weight excluding hydrogens is 376 g/mol. The standard InChI is InChI=1S/C21H30N2O6/c1-21(2,3)29-20(26)22-15-10-11-17(16(12-15)18(24)27-4)23-19(25)28-13-14-8-6-5-7-9-14/h5-9,15-17H,10-13H2,1-4H3,(H,22,26)(H,23,25)/t15-,16+,17-/m1/s1. The van der Waals surface area contributed by atoms with Crippen molar-refractivity contribution in [2.75, 3.05) is 7.11 Å². The molecular formula is C21H30N2O6. The third-order valence-corrected chi connectivity index (χ3v) is 4.59. The summed E-state index contributed by atoms with van der Waals surface area (Å²) in [7, 11) is 1.30. The minimum absolute atomic E-state index is 0.144. The normalized spacial score (nSPS) is 21.6. The largest absolute Gasteiger partial charge is 0.469 e. The zero-order chi connectivity index (χ0) is 21.4. The van der Waals surface area contributed by atoms with Crippen LogP contribution in [0.5, 0.6) is 0 Å². The van der Waals surface area contributed by atoms with E-state index in [1.807, 2.05) is 30.3 Å². The molecule has 1 aliphatic rings. The number of methoxy groups -OCH3 is 1. The van der Waals surface area contributed by atoms with Gasteiger partial charge in [0.2, 0.25) is 0 Å². The molecule has 0 aromatic heterocycles. The van der Waals surface area contributed by atoms with Crippen molar-refractivity contribution in [1.82, 2.24) is 10.6 Å². The summed E-state index contributed by atoms with van der Waals surface area (Å²) in [5.41, 5.74) is 0.269.